The highest BCUT2D eigenvalue weighted by molar-refractivity contribution is 6.22. The van der Waals surface area contributed by atoms with E-state index in [0.717, 1.165) is 38.5 Å². The van der Waals surface area contributed by atoms with Crippen molar-refractivity contribution in [1.29, 1.82) is 0 Å². The largest absolute Gasteiger partial charge is 0.339 e. The van der Waals surface area contributed by atoms with Gasteiger partial charge in [0, 0.05) is 18.7 Å². The third-order valence-electron chi connectivity index (χ3n) is 5.47. The van der Waals surface area contributed by atoms with Gasteiger partial charge in [-0.1, -0.05) is 32.8 Å². The first-order valence-electron chi connectivity index (χ1n) is 9.85. The quantitative estimate of drug-likeness (QED) is 0.732. The van der Waals surface area contributed by atoms with Crippen LogP contribution in [0.2, 0.25) is 0 Å². The summed E-state index contributed by atoms with van der Waals surface area (Å²) < 4.78 is 0. The highest BCUT2D eigenvalue weighted by Crippen LogP contribution is 2.40. The Morgan fingerprint density at radius 2 is 1.62 bits per heavy atom. The molecule has 140 valence electrons. The van der Waals surface area contributed by atoms with Crippen LogP contribution in [0.4, 0.5) is 5.69 Å². The van der Waals surface area contributed by atoms with Gasteiger partial charge in [-0.3, -0.25) is 19.3 Å². The summed E-state index contributed by atoms with van der Waals surface area (Å²) in [6, 6.07) is 6.99. The summed E-state index contributed by atoms with van der Waals surface area (Å²) >= 11 is 0. The van der Waals surface area contributed by atoms with E-state index in [4.69, 9.17) is 0 Å². The van der Waals surface area contributed by atoms with Crippen molar-refractivity contribution in [3.63, 3.8) is 0 Å². The van der Waals surface area contributed by atoms with E-state index in [9.17, 15) is 14.4 Å². The number of nitrogens with zero attached hydrogens (tertiary/aromatic N) is 2. The van der Waals surface area contributed by atoms with E-state index < -0.39 is 0 Å². The molecule has 0 aromatic heterocycles. The fraction of sp³-hybridized carbons (Fsp3) is 0.571. The molecular weight excluding hydrogens is 328 g/mol. The van der Waals surface area contributed by atoms with Gasteiger partial charge in [0.15, 0.2) is 0 Å². The van der Waals surface area contributed by atoms with Crippen LogP contribution in [-0.4, -0.2) is 35.7 Å². The van der Waals surface area contributed by atoms with Gasteiger partial charge in [-0.2, -0.15) is 0 Å². The van der Waals surface area contributed by atoms with Crippen molar-refractivity contribution in [2.75, 3.05) is 18.0 Å². The molecule has 1 heterocycles. The summed E-state index contributed by atoms with van der Waals surface area (Å²) in [5.41, 5.74) is 1.08. The van der Waals surface area contributed by atoms with Gasteiger partial charge in [-0.05, 0) is 43.9 Å². The standard InChI is InChI=1S/C21H28N2O3/c1-3-12-22(13-4-2)19(24)15-8-7-9-16(14-15)23-20(25)17-10-5-6-11-18(17)21(23)26/h7-9,14,17-18H,3-6,10-13H2,1-2H3. The zero-order valence-electron chi connectivity index (χ0n) is 15.7. The van der Waals surface area contributed by atoms with Crippen LogP contribution in [0.15, 0.2) is 24.3 Å². The number of carbonyl (C=O) groups is 3. The molecule has 0 bridgehead atoms. The molecule has 1 saturated heterocycles. The van der Waals surface area contributed by atoms with E-state index >= 15 is 0 Å². The van der Waals surface area contributed by atoms with E-state index in [2.05, 4.69) is 13.8 Å². The molecule has 1 aromatic carbocycles. The topological polar surface area (TPSA) is 57.7 Å². The van der Waals surface area contributed by atoms with Crippen LogP contribution >= 0.6 is 0 Å². The second-order valence-electron chi connectivity index (χ2n) is 7.35. The van der Waals surface area contributed by atoms with E-state index in [0.29, 0.717) is 24.3 Å². The minimum absolute atomic E-state index is 0.0351. The Morgan fingerprint density at radius 1 is 1.04 bits per heavy atom. The van der Waals surface area contributed by atoms with Crippen molar-refractivity contribution in [3.8, 4) is 0 Å². The molecule has 1 aliphatic heterocycles. The second kappa shape index (κ2) is 8.02. The van der Waals surface area contributed by atoms with Gasteiger partial charge in [0.05, 0.1) is 17.5 Å². The molecule has 3 amide bonds. The normalized spacial score (nSPS) is 22.5. The van der Waals surface area contributed by atoms with Gasteiger partial charge in [0.25, 0.3) is 5.91 Å². The average molecular weight is 356 g/mol. The Labute approximate surface area is 155 Å². The van der Waals surface area contributed by atoms with Crippen LogP contribution in [0.1, 0.15) is 62.7 Å². The first-order chi connectivity index (χ1) is 12.6. The molecule has 2 fully saturated rings. The number of fused-ring (bicyclic) bond motifs is 1. The fourth-order valence-corrected chi connectivity index (χ4v) is 4.23. The molecule has 1 saturated carbocycles. The van der Waals surface area contributed by atoms with Crippen molar-refractivity contribution in [1.82, 2.24) is 4.90 Å². The van der Waals surface area contributed by atoms with Crippen LogP contribution < -0.4 is 4.90 Å². The van der Waals surface area contributed by atoms with Gasteiger partial charge < -0.3 is 4.90 Å². The SMILES string of the molecule is CCCN(CCC)C(=O)c1cccc(N2C(=O)C3CCCCC3C2=O)c1. The molecule has 0 spiro atoms. The van der Waals surface area contributed by atoms with E-state index in [-0.39, 0.29) is 29.6 Å². The molecule has 0 N–H and O–H groups in total. The van der Waals surface area contributed by atoms with Crippen molar-refractivity contribution < 1.29 is 14.4 Å². The van der Waals surface area contributed by atoms with Crippen molar-refractivity contribution in [2.45, 2.75) is 52.4 Å². The van der Waals surface area contributed by atoms with E-state index in [1.807, 2.05) is 4.90 Å². The number of amides is 3. The van der Waals surface area contributed by atoms with Gasteiger partial charge >= 0.3 is 0 Å². The number of benzene rings is 1. The second-order valence-corrected chi connectivity index (χ2v) is 7.35. The van der Waals surface area contributed by atoms with Gasteiger partial charge in [0.1, 0.15) is 0 Å². The maximum absolute atomic E-state index is 12.8. The fourth-order valence-electron chi connectivity index (χ4n) is 4.23. The lowest BCUT2D eigenvalue weighted by Crippen LogP contribution is -2.33. The molecule has 2 aliphatic rings. The summed E-state index contributed by atoms with van der Waals surface area (Å²) in [7, 11) is 0. The Balaban J connectivity index is 1.86. The number of hydrogen-bond acceptors (Lipinski definition) is 3. The maximum Gasteiger partial charge on any atom is 0.253 e. The summed E-state index contributed by atoms with van der Waals surface area (Å²) in [5.74, 6) is -0.571. The predicted octanol–water partition coefficient (Wildman–Crippen LogP) is 3.63. The molecule has 2 atom stereocenters. The van der Waals surface area contributed by atoms with Crippen LogP contribution in [0.3, 0.4) is 0 Å². The molecular formula is C21H28N2O3. The molecule has 5 heteroatoms. The lowest BCUT2D eigenvalue weighted by molar-refractivity contribution is -0.122. The van der Waals surface area contributed by atoms with Crippen LogP contribution in [0.5, 0.6) is 0 Å². The van der Waals surface area contributed by atoms with Crippen LogP contribution in [-0.2, 0) is 9.59 Å². The van der Waals surface area contributed by atoms with E-state index in [1.54, 1.807) is 24.3 Å². The zero-order chi connectivity index (χ0) is 18.7. The smallest absolute Gasteiger partial charge is 0.253 e. The van der Waals surface area contributed by atoms with Crippen molar-refractivity contribution in [2.24, 2.45) is 11.8 Å². The Hall–Kier alpha value is -2.17. The van der Waals surface area contributed by atoms with Crippen LogP contribution in [0, 0.1) is 11.8 Å². The first kappa shape index (κ1) is 18.6. The van der Waals surface area contributed by atoms with Gasteiger partial charge in [-0.25, -0.2) is 0 Å². The predicted molar refractivity (Wildman–Crippen MR) is 101 cm³/mol. The molecule has 2 unspecified atom stereocenters. The molecule has 3 rings (SSSR count). The third kappa shape index (κ3) is 3.39. The van der Waals surface area contributed by atoms with E-state index in [1.165, 1.54) is 4.90 Å². The molecule has 1 aromatic rings. The molecule has 0 radical (unpaired) electrons. The zero-order valence-corrected chi connectivity index (χ0v) is 15.7. The minimum atomic E-state index is -0.174. The number of imide groups is 1. The Kier molecular flexibility index (Phi) is 5.74. The van der Waals surface area contributed by atoms with Crippen LogP contribution in [0.25, 0.3) is 0 Å². The molecule has 1 aliphatic carbocycles. The molecule has 26 heavy (non-hydrogen) atoms. The third-order valence-corrected chi connectivity index (χ3v) is 5.47. The molecule has 5 nitrogen and oxygen atoms in total. The lowest BCUT2D eigenvalue weighted by atomic mass is 9.81. The number of carbonyl (C=O) groups excluding carboxylic acids is 3. The highest BCUT2D eigenvalue weighted by atomic mass is 16.2. The highest BCUT2D eigenvalue weighted by Gasteiger charge is 2.48. The summed E-state index contributed by atoms with van der Waals surface area (Å²) in [5, 5.41) is 0. The summed E-state index contributed by atoms with van der Waals surface area (Å²) in [6.07, 6.45) is 5.41. The summed E-state index contributed by atoms with van der Waals surface area (Å²) in [6.45, 7) is 5.52. The van der Waals surface area contributed by atoms with Crippen molar-refractivity contribution in [3.05, 3.63) is 29.8 Å². The summed E-state index contributed by atoms with van der Waals surface area (Å²) in [4.78, 5) is 41.6. The first-order valence-corrected chi connectivity index (χ1v) is 9.85. The van der Waals surface area contributed by atoms with Gasteiger partial charge in [0.2, 0.25) is 11.8 Å². The Morgan fingerprint density at radius 3 is 2.15 bits per heavy atom. The number of rotatable bonds is 6. The average Bonchev–Trinajstić information content (AvgIpc) is 2.92. The number of anilines is 1. The van der Waals surface area contributed by atoms with Crippen molar-refractivity contribution >= 4 is 23.4 Å². The minimum Gasteiger partial charge on any atom is -0.339 e. The number of hydrogen-bond donors (Lipinski definition) is 0. The Bertz CT molecular complexity index is 670. The lowest BCUT2D eigenvalue weighted by Gasteiger charge is -2.22. The van der Waals surface area contributed by atoms with Gasteiger partial charge in [-0.15, -0.1) is 0 Å². The monoisotopic (exact) mass is 356 g/mol. The maximum atomic E-state index is 12.8.